The molecule has 116 valence electrons. The van der Waals surface area contributed by atoms with Gasteiger partial charge >= 0.3 is 0 Å². The van der Waals surface area contributed by atoms with Gasteiger partial charge in [0, 0.05) is 24.7 Å². The number of H-pyrrole nitrogens is 2. The van der Waals surface area contributed by atoms with Gasteiger partial charge in [-0.05, 0) is 30.4 Å². The number of carbonyl (C=O) groups excluding carboxylic acids is 1. The van der Waals surface area contributed by atoms with E-state index in [9.17, 15) is 14.4 Å². The van der Waals surface area contributed by atoms with Crippen LogP contribution < -0.4 is 16.4 Å². The second kappa shape index (κ2) is 5.61. The van der Waals surface area contributed by atoms with Crippen LogP contribution in [0.15, 0.2) is 40.1 Å². The topological polar surface area (TPSA) is 113 Å². The molecule has 3 N–H and O–H groups in total. The van der Waals surface area contributed by atoms with E-state index in [0.29, 0.717) is 11.0 Å². The number of carbonyl (C=O) groups is 1. The normalized spacial score (nSPS) is 10.7. The fourth-order valence-electron chi connectivity index (χ4n) is 2.18. The molecule has 0 aliphatic carbocycles. The van der Waals surface area contributed by atoms with Crippen LogP contribution in [0.25, 0.3) is 11.0 Å². The molecule has 23 heavy (non-hydrogen) atoms. The van der Waals surface area contributed by atoms with Crippen molar-refractivity contribution in [2.75, 3.05) is 5.32 Å². The third-order valence-electron chi connectivity index (χ3n) is 3.22. The highest BCUT2D eigenvalue weighted by Crippen LogP contribution is 2.10. The molecule has 0 unspecified atom stereocenters. The molecule has 0 atom stereocenters. The Labute approximate surface area is 133 Å². The molecule has 0 radical (unpaired) electrons. The van der Waals surface area contributed by atoms with Crippen LogP contribution in [0, 0.1) is 4.77 Å². The van der Waals surface area contributed by atoms with Gasteiger partial charge in [-0.15, -0.1) is 0 Å². The number of anilines is 1. The lowest BCUT2D eigenvalue weighted by Gasteiger charge is -2.08. The summed E-state index contributed by atoms with van der Waals surface area (Å²) in [5.41, 5.74) is -0.533. The molecule has 3 heterocycles. The number of rotatable bonds is 2. The van der Waals surface area contributed by atoms with Crippen molar-refractivity contribution in [3.05, 3.63) is 61.5 Å². The number of hydrogen-bond donors (Lipinski definition) is 3. The third-order valence-corrected chi connectivity index (χ3v) is 3.43. The van der Waals surface area contributed by atoms with Crippen molar-refractivity contribution in [2.24, 2.45) is 7.05 Å². The van der Waals surface area contributed by atoms with Crippen molar-refractivity contribution < 1.29 is 4.79 Å². The molecular weight excluding hydrogens is 318 g/mol. The van der Waals surface area contributed by atoms with Crippen molar-refractivity contribution in [2.45, 2.75) is 0 Å². The Bertz CT molecular complexity index is 1070. The fourth-order valence-corrected chi connectivity index (χ4v) is 2.40. The molecule has 0 bridgehead atoms. The highest BCUT2D eigenvalue weighted by atomic mass is 32.1. The Balaban J connectivity index is 2.07. The largest absolute Gasteiger partial charge is 0.318 e. The quantitative estimate of drug-likeness (QED) is 0.606. The van der Waals surface area contributed by atoms with E-state index >= 15 is 0 Å². The summed E-state index contributed by atoms with van der Waals surface area (Å²) in [6, 6.07) is 6.06. The zero-order valence-electron chi connectivity index (χ0n) is 11.9. The summed E-state index contributed by atoms with van der Waals surface area (Å²) in [4.78, 5) is 45.1. The first-order chi connectivity index (χ1) is 11.0. The molecular formula is C14H11N5O3S. The van der Waals surface area contributed by atoms with Crippen molar-refractivity contribution in [3.8, 4) is 0 Å². The van der Waals surface area contributed by atoms with Crippen LogP contribution in [0.3, 0.4) is 0 Å². The van der Waals surface area contributed by atoms with Crippen LogP contribution in [0.4, 0.5) is 5.82 Å². The van der Waals surface area contributed by atoms with Gasteiger partial charge in [-0.1, -0.05) is 0 Å². The lowest BCUT2D eigenvalue weighted by molar-refractivity contribution is 0.102. The minimum atomic E-state index is -0.646. The van der Waals surface area contributed by atoms with Gasteiger partial charge < -0.3 is 10.3 Å². The first-order valence-corrected chi connectivity index (χ1v) is 6.96. The number of nitrogens with one attached hydrogen (secondary N) is 3. The SMILES string of the molecule is Cn1c(=O)c(C(=O)Nc2cc(=O)[nH]c(=S)[nH]2)cc2cccnc21. The molecule has 0 aliphatic rings. The number of amides is 1. The van der Waals surface area contributed by atoms with Crippen molar-refractivity contribution in [3.63, 3.8) is 0 Å². The van der Waals surface area contributed by atoms with Crippen molar-refractivity contribution >= 4 is 35.0 Å². The van der Waals surface area contributed by atoms with E-state index < -0.39 is 17.0 Å². The predicted molar refractivity (Wildman–Crippen MR) is 87.2 cm³/mol. The molecule has 3 aromatic rings. The second-order valence-corrected chi connectivity index (χ2v) is 5.20. The minimum absolute atomic E-state index is 0.0624. The summed E-state index contributed by atoms with van der Waals surface area (Å²) < 4.78 is 1.37. The van der Waals surface area contributed by atoms with Crippen LogP contribution in [0.5, 0.6) is 0 Å². The Hall–Kier alpha value is -3.07. The summed E-state index contributed by atoms with van der Waals surface area (Å²) in [6.45, 7) is 0. The van der Waals surface area contributed by atoms with Crippen molar-refractivity contribution in [1.29, 1.82) is 0 Å². The molecule has 3 aromatic heterocycles. The Morgan fingerprint density at radius 3 is 2.83 bits per heavy atom. The van der Waals surface area contributed by atoms with Crippen LogP contribution in [-0.4, -0.2) is 25.4 Å². The maximum Gasteiger partial charge on any atom is 0.264 e. The molecule has 0 fully saturated rings. The standard InChI is InChI=1S/C14H11N5O3S/c1-19-11-7(3-2-4-15-11)5-8(13(19)22)12(21)16-9-6-10(20)18-14(23)17-9/h2-6H,1H3,(H3,16,17,18,20,21,23). The average Bonchev–Trinajstić information content (AvgIpc) is 2.49. The number of pyridine rings is 2. The van der Waals surface area contributed by atoms with Gasteiger partial charge in [0.2, 0.25) is 0 Å². The molecule has 0 saturated heterocycles. The van der Waals surface area contributed by atoms with Gasteiger partial charge in [0.25, 0.3) is 17.0 Å². The monoisotopic (exact) mass is 329 g/mol. The van der Waals surface area contributed by atoms with Crippen LogP contribution in [-0.2, 0) is 7.05 Å². The van der Waals surface area contributed by atoms with Gasteiger partial charge in [0.1, 0.15) is 17.0 Å². The summed E-state index contributed by atoms with van der Waals surface area (Å²) in [7, 11) is 1.54. The van der Waals surface area contributed by atoms with Crippen LogP contribution >= 0.6 is 12.2 Å². The number of aryl methyl sites for hydroxylation is 1. The molecule has 0 saturated carbocycles. The summed E-state index contributed by atoms with van der Waals surface area (Å²) in [6.07, 6.45) is 1.57. The van der Waals surface area contributed by atoms with E-state index in [-0.39, 0.29) is 16.2 Å². The van der Waals surface area contributed by atoms with E-state index in [1.807, 2.05) is 0 Å². The summed E-state index contributed by atoms with van der Waals surface area (Å²) in [5.74, 6) is -0.537. The van der Waals surface area contributed by atoms with Crippen LogP contribution in [0.2, 0.25) is 0 Å². The molecule has 3 rings (SSSR count). The molecule has 0 aliphatic heterocycles. The first-order valence-electron chi connectivity index (χ1n) is 6.55. The predicted octanol–water partition coefficient (Wildman–Crippen LogP) is 0.932. The van der Waals surface area contributed by atoms with Crippen LogP contribution in [0.1, 0.15) is 10.4 Å². The summed E-state index contributed by atoms with van der Waals surface area (Å²) in [5, 5.41) is 3.11. The Kier molecular flexibility index (Phi) is 3.62. The van der Waals surface area contributed by atoms with E-state index in [1.165, 1.54) is 17.7 Å². The van der Waals surface area contributed by atoms with E-state index in [0.717, 1.165) is 6.07 Å². The third kappa shape index (κ3) is 2.81. The highest BCUT2D eigenvalue weighted by molar-refractivity contribution is 7.71. The first kappa shape index (κ1) is 14.9. The zero-order chi connectivity index (χ0) is 16.6. The average molecular weight is 329 g/mol. The maximum absolute atomic E-state index is 12.3. The molecule has 8 nitrogen and oxygen atoms in total. The van der Waals surface area contributed by atoms with E-state index in [2.05, 4.69) is 20.3 Å². The van der Waals surface area contributed by atoms with Gasteiger partial charge in [-0.2, -0.15) is 0 Å². The number of aromatic nitrogens is 4. The Morgan fingerprint density at radius 1 is 1.30 bits per heavy atom. The second-order valence-electron chi connectivity index (χ2n) is 4.79. The molecule has 9 heteroatoms. The lowest BCUT2D eigenvalue weighted by Crippen LogP contribution is -2.28. The lowest BCUT2D eigenvalue weighted by atomic mass is 10.2. The highest BCUT2D eigenvalue weighted by Gasteiger charge is 2.15. The zero-order valence-corrected chi connectivity index (χ0v) is 12.7. The molecule has 0 aromatic carbocycles. The minimum Gasteiger partial charge on any atom is -0.318 e. The number of nitrogens with zero attached hydrogens (tertiary/aromatic N) is 2. The van der Waals surface area contributed by atoms with Crippen molar-refractivity contribution in [1.82, 2.24) is 19.5 Å². The fraction of sp³-hybridized carbons (Fsp3) is 0.0714. The van der Waals surface area contributed by atoms with E-state index in [1.54, 1.807) is 18.3 Å². The molecule has 0 spiro atoms. The number of hydrogen-bond acceptors (Lipinski definition) is 5. The van der Waals surface area contributed by atoms with Gasteiger partial charge in [0.15, 0.2) is 4.77 Å². The number of aromatic amines is 2. The van der Waals surface area contributed by atoms with Gasteiger partial charge in [0.05, 0.1) is 0 Å². The summed E-state index contributed by atoms with van der Waals surface area (Å²) >= 11 is 4.83. The number of fused-ring (bicyclic) bond motifs is 1. The molecule has 1 amide bonds. The maximum atomic E-state index is 12.3. The Morgan fingerprint density at radius 2 is 2.09 bits per heavy atom. The van der Waals surface area contributed by atoms with Gasteiger partial charge in [-0.25, -0.2) is 4.98 Å². The van der Waals surface area contributed by atoms with Gasteiger partial charge in [-0.3, -0.25) is 23.9 Å². The smallest absolute Gasteiger partial charge is 0.264 e. The van der Waals surface area contributed by atoms with E-state index in [4.69, 9.17) is 12.2 Å².